The Balaban J connectivity index is 1.97. The molecule has 32 heavy (non-hydrogen) atoms. The van der Waals surface area contributed by atoms with Gasteiger partial charge in [0.1, 0.15) is 0 Å². The molecule has 0 aliphatic rings. The van der Waals surface area contributed by atoms with Crippen molar-refractivity contribution in [2.24, 2.45) is 0 Å². The summed E-state index contributed by atoms with van der Waals surface area (Å²) < 4.78 is 7.07. The molecule has 0 unspecified atom stereocenters. The van der Waals surface area contributed by atoms with Gasteiger partial charge in [-0.3, -0.25) is 4.98 Å². The maximum Gasteiger partial charge on any atom is 0.261 e. The molecule has 170 valence electrons. The summed E-state index contributed by atoms with van der Waals surface area (Å²) in [6.07, 6.45) is 1.86. The van der Waals surface area contributed by atoms with Crippen LogP contribution in [0, 0.1) is 6.92 Å². The number of pyridine rings is 1. The molecule has 0 fully saturated rings. The Morgan fingerprint density at radius 3 is 1.88 bits per heavy atom. The molecule has 0 N–H and O–H groups in total. The summed E-state index contributed by atoms with van der Waals surface area (Å²) in [5, 5.41) is 2.65. The van der Waals surface area contributed by atoms with Crippen molar-refractivity contribution in [3.63, 3.8) is 0 Å². The van der Waals surface area contributed by atoms with Gasteiger partial charge in [0, 0.05) is 24.4 Å². The molecule has 1 aromatic heterocycles. The van der Waals surface area contributed by atoms with Crippen molar-refractivity contribution >= 4 is 18.7 Å². The lowest BCUT2D eigenvalue weighted by atomic mass is 9.96. The van der Waals surface area contributed by atoms with Crippen molar-refractivity contribution in [2.75, 3.05) is 6.61 Å². The third-order valence-electron chi connectivity index (χ3n) is 6.43. The molecule has 2 aromatic carbocycles. The second kappa shape index (κ2) is 10.1. The first-order valence-electron chi connectivity index (χ1n) is 11.9. The molecule has 2 nitrogen and oxygen atoms in total. The Morgan fingerprint density at radius 1 is 0.906 bits per heavy atom. The fourth-order valence-electron chi connectivity index (χ4n) is 4.93. The molecule has 0 spiro atoms. The van der Waals surface area contributed by atoms with E-state index >= 15 is 0 Å². The summed E-state index contributed by atoms with van der Waals surface area (Å²) in [6, 6.07) is 24.0. The van der Waals surface area contributed by atoms with E-state index in [9.17, 15) is 0 Å². The summed E-state index contributed by atoms with van der Waals surface area (Å²) in [5.41, 5.74) is 5.14. The van der Waals surface area contributed by atoms with E-state index in [1.54, 1.807) is 0 Å². The standard InChI is InChI=1S/C29H39NOSi/c1-8-27-23(4)21-24(30-28(27)22(2)3)19-20-31-32(29(5,6)7,25-15-11-9-12-16-25)26-17-13-10-14-18-26/h9-18,21-22H,8,19-20H2,1-7H3. The van der Waals surface area contributed by atoms with E-state index < -0.39 is 8.32 Å². The van der Waals surface area contributed by atoms with Crippen LogP contribution in [0.1, 0.15) is 70.0 Å². The molecule has 1 heterocycles. The Bertz CT molecular complexity index is 967. The molecule has 0 saturated carbocycles. The van der Waals surface area contributed by atoms with Gasteiger partial charge in [0.2, 0.25) is 0 Å². The molecule has 0 aliphatic heterocycles. The smallest absolute Gasteiger partial charge is 0.261 e. The van der Waals surface area contributed by atoms with E-state index in [2.05, 4.69) is 115 Å². The fourth-order valence-corrected chi connectivity index (χ4v) is 9.49. The van der Waals surface area contributed by atoms with Gasteiger partial charge in [0.05, 0.1) is 0 Å². The Labute approximate surface area is 196 Å². The molecule has 3 rings (SSSR count). The number of rotatable bonds is 8. The maximum absolute atomic E-state index is 7.07. The van der Waals surface area contributed by atoms with Gasteiger partial charge in [0.25, 0.3) is 8.32 Å². The van der Waals surface area contributed by atoms with Crippen LogP contribution in [0.25, 0.3) is 0 Å². The van der Waals surface area contributed by atoms with Gasteiger partial charge < -0.3 is 4.43 Å². The van der Waals surface area contributed by atoms with Crippen LogP contribution in [0.4, 0.5) is 0 Å². The lowest BCUT2D eigenvalue weighted by molar-refractivity contribution is 0.300. The second-order valence-electron chi connectivity index (χ2n) is 10.1. The van der Waals surface area contributed by atoms with Crippen molar-refractivity contribution in [2.45, 2.75) is 72.3 Å². The van der Waals surface area contributed by atoms with E-state index in [4.69, 9.17) is 9.41 Å². The SMILES string of the molecule is CCc1c(C)cc(CCO[Si](c2ccccc2)(c2ccccc2)C(C)(C)C)nc1C(C)C. The molecule has 0 saturated heterocycles. The van der Waals surface area contributed by atoms with Crippen LogP contribution in [-0.2, 0) is 17.3 Å². The molecular formula is C29H39NOSi. The van der Waals surface area contributed by atoms with E-state index in [-0.39, 0.29) is 5.04 Å². The second-order valence-corrected chi connectivity index (χ2v) is 14.4. The van der Waals surface area contributed by atoms with Crippen molar-refractivity contribution in [1.29, 1.82) is 0 Å². The monoisotopic (exact) mass is 445 g/mol. The van der Waals surface area contributed by atoms with E-state index in [1.165, 1.54) is 27.2 Å². The van der Waals surface area contributed by atoms with Crippen LogP contribution in [-0.4, -0.2) is 19.9 Å². The van der Waals surface area contributed by atoms with Crippen molar-refractivity contribution in [3.05, 3.63) is 89.2 Å². The van der Waals surface area contributed by atoms with Crippen LogP contribution in [0.5, 0.6) is 0 Å². The number of hydrogen-bond donors (Lipinski definition) is 0. The normalized spacial score (nSPS) is 12.4. The fraction of sp³-hybridized carbons (Fsp3) is 0.414. The topological polar surface area (TPSA) is 22.1 Å². The van der Waals surface area contributed by atoms with Gasteiger partial charge in [-0.05, 0) is 51.9 Å². The van der Waals surface area contributed by atoms with Gasteiger partial charge in [-0.1, -0.05) is 102 Å². The van der Waals surface area contributed by atoms with Crippen molar-refractivity contribution < 1.29 is 4.43 Å². The quantitative estimate of drug-likeness (QED) is 0.385. The third-order valence-corrected chi connectivity index (χ3v) is 11.5. The van der Waals surface area contributed by atoms with Gasteiger partial charge in [0.15, 0.2) is 0 Å². The summed E-state index contributed by atoms with van der Waals surface area (Å²) >= 11 is 0. The molecule has 0 amide bonds. The third kappa shape index (κ3) is 4.89. The van der Waals surface area contributed by atoms with Crippen LogP contribution in [0.15, 0.2) is 66.7 Å². The largest absolute Gasteiger partial charge is 0.407 e. The molecule has 3 aromatic rings. The highest BCUT2D eigenvalue weighted by Crippen LogP contribution is 2.36. The summed E-state index contributed by atoms with van der Waals surface area (Å²) in [6.45, 7) is 16.6. The molecule has 0 atom stereocenters. The summed E-state index contributed by atoms with van der Waals surface area (Å²) in [5.74, 6) is 0.432. The predicted molar refractivity (Wildman–Crippen MR) is 140 cm³/mol. The average molecular weight is 446 g/mol. The lowest BCUT2D eigenvalue weighted by Crippen LogP contribution is -2.66. The minimum absolute atomic E-state index is 0.00574. The zero-order chi connectivity index (χ0) is 23.4. The number of benzene rings is 2. The minimum Gasteiger partial charge on any atom is -0.407 e. The summed E-state index contributed by atoms with van der Waals surface area (Å²) in [4.78, 5) is 5.07. The van der Waals surface area contributed by atoms with Crippen LogP contribution in [0.2, 0.25) is 5.04 Å². The molecule has 0 bridgehead atoms. The Hall–Kier alpha value is -2.23. The van der Waals surface area contributed by atoms with Crippen LogP contribution >= 0.6 is 0 Å². The lowest BCUT2D eigenvalue weighted by Gasteiger charge is -2.43. The van der Waals surface area contributed by atoms with E-state index in [0.29, 0.717) is 12.5 Å². The van der Waals surface area contributed by atoms with Crippen LogP contribution in [0.3, 0.4) is 0 Å². The molecular weight excluding hydrogens is 406 g/mol. The predicted octanol–water partition coefficient (Wildman–Crippen LogP) is 6.19. The zero-order valence-electron chi connectivity index (χ0n) is 20.9. The zero-order valence-corrected chi connectivity index (χ0v) is 21.9. The first-order valence-corrected chi connectivity index (χ1v) is 13.9. The minimum atomic E-state index is -2.50. The average Bonchev–Trinajstić information content (AvgIpc) is 2.76. The van der Waals surface area contributed by atoms with Gasteiger partial charge >= 0.3 is 0 Å². The molecule has 0 radical (unpaired) electrons. The number of hydrogen-bond acceptors (Lipinski definition) is 2. The summed E-state index contributed by atoms with van der Waals surface area (Å²) in [7, 11) is -2.50. The first-order chi connectivity index (χ1) is 15.2. The molecule has 0 aliphatic carbocycles. The van der Waals surface area contributed by atoms with Gasteiger partial charge in [-0.2, -0.15) is 0 Å². The highest BCUT2D eigenvalue weighted by atomic mass is 28.4. The Morgan fingerprint density at radius 2 is 1.44 bits per heavy atom. The first kappa shape index (κ1) is 24.4. The number of nitrogens with zero attached hydrogens (tertiary/aromatic N) is 1. The van der Waals surface area contributed by atoms with Crippen molar-refractivity contribution in [3.8, 4) is 0 Å². The van der Waals surface area contributed by atoms with Crippen molar-refractivity contribution in [1.82, 2.24) is 4.98 Å². The highest BCUT2D eigenvalue weighted by Gasteiger charge is 2.49. The molecule has 3 heteroatoms. The Kier molecular flexibility index (Phi) is 7.74. The highest BCUT2D eigenvalue weighted by molar-refractivity contribution is 6.99. The van der Waals surface area contributed by atoms with Gasteiger partial charge in [-0.15, -0.1) is 0 Å². The number of aryl methyl sites for hydroxylation is 1. The van der Waals surface area contributed by atoms with E-state index in [1.807, 2.05) is 0 Å². The maximum atomic E-state index is 7.07. The van der Waals surface area contributed by atoms with E-state index in [0.717, 1.165) is 18.5 Å². The van der Waals surface area contributed by atoms with Gasteiger partial charge in [-0.25, -0.2) is 0 Å². The van der Waals surface area contributed by atoms with Crippen LogP contribution < -0.4 is 10.4 Å². The number of aromatic nitrogens is 1.